The van der Waals surface area contributed by atoms with E-state index in [2.05, 4.69) is 18.7 Å². The lowest BCUT2D eigenvalue weighted by Crippen LogP contribution is -2.25. The Balaban J connectivity index is 2.32. The molecule has 0 bridgehead atoms. The van der Waals surface area contributed by atoms with E-state index in [0.29, 0.717) is 0 Å². The molecule has 4 heteroatoms. The summed E-state index contributed by atoms with van der Waals surface area (Å²) in [5.41, 5.74) is 0.926. The van der Waals surface area contributed by atoms with Crippen LogP contribution in [-0.2, 0) is 0 Å². The quantitative estimate of drug-likeness (QED) is 0.706. The first-order valence-electron chi connectivity index (χ1n) is 6.83. The van der Waals surface area contributed by atoms with Crippen LogP contribution in [0, 0.1) is 0 Å². The first-order chi connectivity index (χ1) is 9.21. The highest BCUT2D eigenvalue weighted by Crippen LogP contribution is 2.22. The van der Waals surface area contributed by atoms with Gasteiger partial charge in [0.2, 0.25) is 0 Å². The average Bonchev–Trinajstić information content (AvgIpc) is 2.47. The third-order valence-corrected chi connectivity index (χ3v) is 4.22. The average molecular weight is 283 g/mol. The summed E-state index contributed by atoms with van der Waals surface area (Å²) in [6.45, 7) is 7.63. The number of nitrogens with zero attached hydrogens (tertiary/aromatic N) is 1. The number of aliphatic hydroxyl groups is 1. The van der Waals surface area contributed by atoms with Gasteiger partial charge < -0.3 is 14.7 Å². The highest BCUT2D eigenvalue weighted by molar-refractivity contribution is 7.99. The second-order valence-corrected chi connectivity index (χ2v) is 5.54. The summed E-state index contributed by atoms with van der Waals surface area (Å²) in [6.07, 6.45) is -0.420. The van der Waals surface area contributed by atoms with Gasteiger partial charge in [-0.25, -0.2) is 0 Å². The Bertz CT molecular complexity index is 356. The first-order valence-corrected chi connectivity index (χ1v) is 7.98. The van der Waals surface area contributed by atoms with Crippen LogP contribution in [0.4, 0.5) is 0 Å². The van der Waals surface area contributed by atoms with E-state index >= 15 is 0 Å². The van der Waals surface area contributed by atoms with Gasteiger partial charge in [0.25, 0.3) is 0 Å². The summed E-state index contributed by atoms with van der Waals surface area (Å²) in [5, 5.41) is 10.1. The fourth-order valence-electron chi connectivity index (χ4n) is 1.87. The largest absolute Gasteiger partial charge is 0.497 e. The number of hydrogen-bond donors (Lipinski definition) is 1. The second-order valence-electron chi connectivity index (χ2n) is 4.39. The number of ether oxygens (including phenoxy) is 1. The van der Waals surface area contributed by atoms with Gasteiger partial charge in [0, 0.05) is 18.1 Å². The lowest BCUT2D eigenvalue weighted by Gasteiger charge is -2.18. The molecule has 0 aliphatic heterocycles. The number of thioether (sulfide) groups is 1. The molecule has 1 aromatic carbocycles. The van der Waals surface area contributed by atoms with E-state index in [9.17, 15) is 5.11 Å². The fourth-order valence-corrected chi connectivity index (χ4v) is 2.84. The minimum absolute atomic E-state index is 0.420. The van der Waals surface area contributed by atoms with E-state index in [1.807, 2.05) is 24.3 Å². The van der Waals surface area contributed by atoms with Gasteiger partial charge in [-0.15, -0.1) is 0 Å². The maximum atomic E-state index is 10.1. The van der Waals surface area contributed by atoms with Gasteiger partial charge in [-0.05, 0) is 30.8 Å². The van der Waals surface area contributed by atoms with Crippen molar-refractivity contribution < 1.29 is 9.84 Å². The molecular weight excluding hydrogens is 258 g/mol. The van der Waals surface area contributed by atoms with Crippen molar-refractivity contribution in [2.75, 3.05) is 38.2 Å². The van der Waals surface area contributed by atoms with Crippen molar-refractivity contribution in [3.63, 3.8) is 0 Å². The van der Waals surface area contributed by atoms with E-state index in [4.69, 9.17) is 4.74 Å². The van der Waals surface area contributed by atoms with Gasteiger partial charge in [-0.1, -0.05) is 26.0 Å². The van der Waals surface area contributed by atoms with Gasteiger partial charge in [0.1, 0.15) is 5.75 Å². The Morgan fingerprint density at radius 3 is 2.68 bits per heavy atom. The van der Waals surface area contributed by atoms with E-state index in [-0.39, 0.29) is 0 Å². The molecule has 0 spiro atoms. The van der Waals surface area contributed by atoms with Crippen molar-refractivity contribution in [2.24, 2.45) is 0 Å². The maximum Gasteiger partial charge on any atom is 0.119 e. The van der Waals surface area contributed by atoms with Gasteiger partial charge in [0.15, 0.2) is 0 Å². The predicted molar refractivity (Wildman–Crippen MR) is 83.1 cm³/mol. The minimum Gasteiger partial charge on any atom is -0.497 e. The topological polar surface area (TPSA) is 32.7 Å². The summed E-state index contributed by atoms with van der Waals surface area (Å²) >= 11 is 1.80. The molecule has 1 atom stereocenters. The molecule has 1 aromatic rings. The molecule has 0 saturated carbocycles. The van der Waals surface area contributed by atoms with Crippen molar-refractivity contribution in [1.29, 1.82) is 0 Å². The fraction of sp³-hybridized carbons (Fsp3) is 0.600. The SMILES string of the molecule is CCN(CC)CCSCC(O)c1cccc(OC)c1. The molecule has 0 amide bonds. The summed E-state index contributed by atoms with van der Waals surface area (Å²) < 4.78 is 5.17. The summed E-state index contributed by atoms with van der Waals surface area (Å²) in [5.74, 6) is 2.58. The van der Waals surface area contributed by atoms with Crippen LogP contribution in [0.3, 0.4) is 0 Å². The third kappa shape index (κ3) is 5.85. The standard InChI is InChI=1S/C15H25NO2S/c1-4-16(5-2)9-10-19-12-15(17)13-7-6-8-14(11-13)18-3/h6-8,11,15,17H,4-5,9-10,12H2,1-3H3. The highest BCUT2D eigenvalue weighted by Gasteiger charge is 2.08. The van der Waals surface area contributed by atoms with E-state index < -0.39 is 6.10 Å². The van der Waals surface area contributed by atoms with Gasteiger partial charge in [-0.3, -0.25) is 0 Å². The summed E-state index contributed by atoms with van der Waals surface area (Å²) in [7, 11) is 1.64. The van der Waals surface area contributed by atoms with Crippen LogP contribution in [0.5, 0.6) is 5.75 Å². The number of methoxy groups -OCH3 is 1. The normalized spacial score (nSPS) is 12.7. The van der Waals surface area contributed by atoms with Crippen LogP contribution < -0.4 is 4.74 Å². The minimum atomic E-state index is -0.420. The molecule has 3 nitrogen and oxygen atoms in total. The molecule has 1 unspecified atom stereocenters. The predicted octanol–water partition coefficient (Wildman–Crippen LogP) is 2.80. The molecule has 1 rings (SSSR count). The van der Waals surface area contributed by atoms with E-state index in [0.717, 1.165) is 42.5 Å². The van der Waals surface area contributed by atoms with Crippen LogP contribution in [0.25, 0.3) is 0 Å². The molecule has 0 saturated heterocycles. The Morgan fingerprint density at radius 1 is 1.32 bits per heavy atom. The molecule has 0 aromatic heterocycles. The number of hydrogen-bond acceptors (Lipinski definition) is 4. The number of aliphatic hydroxyl groups excluding tert-OH is 1. The zero-order valence-corrected chi connectivity index (χ0v) is 12.9. The lowest BCUT2D eigenvalue weighted by molar-refractivity contribution is 0.203. The molecule has 0 aliphatic rings. The lowest BCUT2D eigenvalue weighted by atomic mass is 10.1. The highest BCUT2D eigenvalue weighted by atomic mass is 32.2. The first kappa shape index (κ1) is 16.3. The zero-order valence-electron chi connectivity index (χ0n) is 12.1. The van der Waals surface area contributed by atoms with Crippen molar-refractivity contribution >= 4 is 11.8 Å². The number of benzene rings is 1. The Hall–Kier alpha value is -0.710. The van der Waals surface area contributed by atoms with E-state index in [1.165, 1.54) is 0 Å². The van der Waals surface area contributed by atoms with Crippen LogP contribution >= 0.6 is 11.8 Å². The summed E-state index contributed by atoms with van der Waals surface area (Å²) in [6, 6.07) is 7.65. The Kier molecular flexibility index (Phi) is 7.94. The van der Waals surface area contributed by atoms with E-state index in [1.54, 1.807) is 18.9 Å². The molecule has 0 heterocycles. The Morgan fingerprint density at radius 2 is 2.05 bits per heavy atom. The molecule has 0 radical (unpaired) electrons. The van der Waals surface area contributed by atoms with Crippen LogP contribution in [-0.4, -0.2) is 48.3 Å². The third-order valence-electron chi connectivity index (χ3n) is 3.20. The molecule has 1 N–H and O–H groups in total. The van der Waals surface area contributed by atoms with Gasteiger partial charge in [-0.2, -0.15) is 11.8 Å². The van der Waals surface area contributed by atoms with Gasteiger partial charge in [0.05, 0.1) is 13.2 Å². The maximum absolute atomic E-state index is 10.1. The molecule has 19 heavy (non-hydrogen) atoms. The second kappa shape index (κ2) is 9.23. The van der Waals surface area contributed by atoms with Crippen LogP contribution in [0.2, 0.25) is 0 Å². The van der Waals surface area contributed by atoms with Crippen molar-refractivity contribution in [1.82, 2.24) is 4.90 Å². The monoisotopic (exact) mass is 283 g/mol. The van der Waals surface area contributed by atoms with Crippen molar-refractivity contribution in [2.45, 2.75) is 20.0 Å². The summed E-state index contributed by atoms with van der Waals surface area (Å²) in [4.78, 5) is 2.39. The molecule has 0 fully saturated rings. The zero-order chi connectivity index (χ0) is 14.1. The van der Waals surface area contributed by atoms with Crippen LogP contribution in [0.15, 0.2) is 24.3 Å². The van der Waals surface area contributed by atoms with Crippen molar-refractivity contribution in [3.8, 4) is 5.75 Å². The molecule has 108 valence electrons. The Labute approximate surface area is 121 Å². The van der Waals surface area contributed by atoms with Gasteiger partial charge >= 0.3 is 0 Å². The molecular formula is C15H25NO2S. The number of rotatable bonds is 9. The smallest absolute Gasteiger partial charge is 0.119 e. The van der Waals surface area contributed by atoms with Crippen LogP contribution in [0.1, 0.15) is 25.5 Å². The van der Waals surface area contributed by atoms with Crippen molar-refractivity contribution in [3.05, 3.63) is 29.8 Å². The molecule has 0 aliphatic carbocycles.